The van der Waals surface area contributed by atoms with Gasteiger partial charge in [-0.25, -0.2) is 4.98 Å². The van der Waals surface area contributed by atoms with Crippen molar-refractivity contribution >= 4 is 46.4 Å². The number of para-hydroxylation sites is 1. The predicted molar refractivity (Wildman–Crippen MR) is 97.5 cm³/mol. The first-order valence-corrected chi connectivity index (χ1v) is 8.19. The third kappa shape index (κ3) is 6.17. The van der Waals surface area contributed by atoms with E-state index in [0.717, 1.165) is 5.56 Å². The molecule has 0 atom stereocenters. The highest BCUT2D eigenvalue weighted by molar-refractivity contribution is 7.13. The average Bonchev–Trinajstić information content (AvgIpc) is 2.93. The van der Waals surface area contributed by atoms with Gasteiger partial charge in [-0.05, 0) is 25.0 Å². The van der Waals surface area contributed by atoms with Crippen LogP contribution in [-0.4, -0.2) is 23.5 Å². The highest BCUT2D eigenvalue weighted by Crippen LogP contribution is 2.17. The molecule has 1 aromatic heterocycles. The second kappa shape index (κ2) is 9.89. The Labute approximate surface area is 150 Å². The van der Waals surface area contributed by atoms with Crippen LogP contribution >= 0.6 is 23.7 Å². The van der Waals surface area contributed by atoms with Crippen molar-refractivity contribution in [3.05, 3.63) is 40.9 Å². The maximum atomic E-state index is 12.0. The molecular weight excluding hydrogens is 350 g/mol. The highest BCUT2D eigenvalue weighted by Gasteiger charge is 2.11. The Morgan fingerprint density at radius 3 is 2.79 bits per heavy atom. The maximum Gasteiger partial charge on any atom is 0.311 e. The molecule has 24 heavy (non-hydrogen) atoms. The van der Waals surface area contributed by atoms with Crippen LogP contribution < -0.4 is 11.1 Å². The molecule has 8 heteroatoms. The van der Waals surface area contributed by atoms with Gasteiger partial charge in [0.2, 0.25) is 5.91 Å². The van der Waals surface area contributed by atoms with Crippen molar-refractivity contribution in [2.75, 3.05) is 17.7 Å². The minimum absolute atomic E-state index is 0. The monoisotopic (exact) mass is 369 g/mol. The summed E-state index contributed by atoms with van der Waals surface area (Å²) in [5.41, 5.74) is 8.08. The van der Waals surface area contributed by atoms with Gasteiger partial charge in [0, 0.05) is 17.5 Å². The molecule has 1 amide bonds. The Balaban J connectivity index is 0.00000288. The number of benzene rings is 1. The summed E-state index contributed by atoms with van der Waals surface area (Å²) in [6.45, 7) is 2.10. The quantitative estimate of drug-likeness (QED) is 0.578. The maximum absolute atomic E-state index is 12.0. The number of nitrogens with one attached hydrogen (secondary N) is 1. The number of nitrogens with zero attached hydrogens (tertiary/aromatic N) is 1. The first-order chi connectivity index (χ1) is 11.1. The van der Waals surface area contributed by atoms with E-state index >= 15 is 0 Å². The minimum atomic E-state index is -0.324. The van der Waals surface area contributed by atoms with Gasteiger partial charge in [0.1, 0.15) is 0 Å². The zero-order valence-electron chi connectivity index (χ0n) is 13.3. The van der Waals surface area contributed by atoms with Crippen LogP contribution in [0.3, 0.4) is 0 Å². The Bertz CT molecular complexity index is 691. The number of carbonyl (C=O) groups excluding carboxylic acids is 2. The summed E-state index contributed by atoms with van der Waals surface area (Å²) in [6, 6.07) is 7.48. The molecule has 0 saturated carbocycles. The lowest BCUT2D eigenvalue weighted by molar-refractivity contribution is -0.142. The summed E-state index contributed by atoms with van der Waals surface area (Å²) in [5, 5.41) is 4.95. The lowest BCUT2D eigenvalue weighted by atomic mass is 10.1. The van der Waals surface area contributed by atoms with Crippen LogP contribution in [0, 0.1) is 0 Å². The van der Waals surface area contributed by atoms with Gasteiger partial charge in [-0.1, -0.05) is 18.2 Å². The van der Waals surface area contributed by atoms with Crippen LogP contribution in [0.15, 0.2) is 29.6 Å². The minimum Gasteiger partial charge on any atom is -0.466 e. The Kier molecular flexibility index (Phi) is 8.21. The number of hydrogen-bond donors (Lipinski definition) is 2. The number of hydrogen-bond acceptors (Lipinski definition) is 6. The number of esters is 1. The van der Waals surface area contributed by atoms with E-state index in [-0.39, 0.29) is 30.7 Å². The van der Waals surface area contributed by atoms with Crippen LogP contribution in [0.4, 0.5) is 10.8 Å². The molecule has 0 fully saturated rings. The van der Waals surface area contributed by atoms with Crippen molar-refractivity contribution in [2.24, 2.45) is 0 Å². The molecule has 1 aromatic carbocycles. The van der Waals surface area contributed by atoms with Crippen LogP contribution in [-0.2, 0) is 27.2 Å². The van der Waals surface area contributed by atoms with E-state index in [1.807, 2.05) is 24.3 Å². The van der Waals surface area contributed by atoms with Crippen molar-refractivity contribution in [1.82, 2.24) is 4.98 Å². The molecule has 6 nitrogen and oxygen atoms in total. The molecule has 0 spiro atoms. The second-order valence-electron chi connectivity index (χ2n) is 4.87. The number of nitrogen functional groups attached to an aromatic ring is 1. The summed E-state index contributed by atoms with van der Waals surface area (Å²) in [4.78, 5) is 27.5. The van der Waals surface area contributed by atoms with Crippen molar-refractivity contribution < 1.29 is 14.3 Å². The van der Waals surface area contributed by atoms with E-state index in [9.17, 15) is 9.59 Å². The molecule has 0 unspecified atom stereocenters. The fraction of sp³-hybridized carbons (Fsp3) is 0.312. The SMILES string of the molecule is CCOC(=O)Cc1csc(NC(=O)CCc2ccccc2N)n1.Cl. The number of nitrogens with two attached hydrogens (primary N) is 1. The third-order valence-corrected chi connectivity index (χ3v) is 3.91. The lowest BCUT2D eigenvalue weighted by Crippen LogP contribution is -2.13. The van der Waals surface area contributed by atoms with Crippen LogP contribution in [0.25, 0.3) is 0 Å². The predicted octanol–water partition coefficient (Wildman–Crippen LogP) is 2.82. The van der Waals surface area contributed by atoms with E-state index in [0.29, 0.717) is 36.0 Å². The summed E-state index contributed by atoms with van der Waals surface area (Å²) >= 11 is 1.29. The van der Waals surface area contributed by atoms with Crippen molar-refractivity contribution in [3.8, 4) is 0 Å². The Morgan fingerprint density at radius 1 is 1.33 bits per heavy atom. The molecule has 0 aliphatic carbocycles. The van der Waals surface area contributed by atoms with Gasteiger partial charge in [-0.15, -0.1) is 23.7 Å². The number of rotatable bonds is 7. The number of carbonyl (C=O) groups is 2. The van der Waals surface area contributed by atoms with Crippen LogP contribution in [0.1, 0.15) is 24.6 Å². The topological polar surface area (TPSA) is 94.3 Å². The lowest BCUT2D eigenvalue weighted by Gasteiger charge is -2.05. The number of anilines is 2. The fourth-order valence-electron chi connectivity index (χ4n) is 2.00. The van der Waals surface area contributed by atoms with Crippen LogP contribution in [0.5, 0.6) is 0 Å². The molecule has 1 heterocycles. The van der Waals surface area contributed by atoms with E-state index < -0.39 is 0 Å². The highest BCUT2D eigenvalue weighted by atomic mass is 35.5. The average molecular weight is 370 g/mol. The van der Waals surface area contributed by atoms with Gasteiger partial charge < -0.3 is 15.8 Å². The number of ether oxygens (including phenoxy) is 1. The molecule has 3 N–H and O–H groups in total. The third-order valence-electron chi connectivity index (χ3n) is 3.11. The van der Waals surface area contributed by atoms with Crippen molar-refractivity contribution in [2.45, 2.75) is 26.2 Å². The molecule has 2 rings (SSSR count). The second-order valence-corrected chi connectivity index (χ2v) is 5.73. The molecule has 0 saturated heterocycles. The molecule has 130 valence electrons. The van der Waals surface area contributed by atoms with E-state index in [2.05, 4.69) is 10.3 Å². The van der Waals surface area contributed by atoms with Crippen LogP contribution in [0.2, 0.25) is 0 Å². The van der Waals surface area contributed by atoms with Crippen molar-refractivity contribution in [1.29, 1.82) is 0 Å². The molecule has 0 bridgehead atoms. The summed E-state index contributed by atoms with van der Waals surface area (Å²) < 4.78 is 4.86. The Morgan fingerprint density at radius 2 is 2.08 bits per heavy atom. The first kappa shape index (κ1) is 19.9. The van der Waals surface area contributed by atoms with Gasteiger partial charge in [0.15, 0.2) is 5.13 Å². The number of amides is 1. The first-order valence-electron chi connectivity index (χ1n) is 7.31. The number of aromatic nitrogens is 1. The van der Waals surface area contributed by atoms with Gasteiger partial charge in [0.25, 0.3) is 0 Å². The summed E-state index contributed by atoms with van der Waals surface area (Å²) in [5.74, 6) is -0.458. The smallest absolute Gasteiger partial charge is 0.311 e. The molecular formula is C16H20ClN3O3S. The Hall–Kier alpha value is -2.12. The van der Waals surface area contributed by atoms with Gasteiger partial charge >= 0.3 is 5.97 Å². The number of thiazole rings is 1. The van der Waals surface area contributed by atoms with E-state index in [1.54, 1.807) is 12.3 Å². The summed E-state index contributed by atoms with van der Waals surface area (Å²) in [6.07, 6.45) is 1.00. The molecule has 0 aliphatic rings. The number of aryl methyl sites for hydroxylation is 1. The molecule has 0 aliphatic heterocycles. The standard InChI is InChI=1S/C16H19N3O3S.ClH/c1-2-22-15(21)9-12-10-23-16(18-12)19-14(20)8-7-11-5-3-4-6-13(11)17;/h3-6,10H,2,7-9,17H2,1H3,(H,18,19,20);1H. The fourth-order valence-corrected chi connectivity index (χ4v) is 2.72. The van der Waals surface area contributed by atoms with E-state index in [1.165, 1.54) is 11.3 Å². The van der Waals surface area contributed by atoms with E-state index in [4.69, 9.17) is 10.5 Å². The zero-order valence-corrected chi connectivity index (χ0v) is 14.9. The van der Waals surface area contributed by atoms with Gasteiger partial charge in [0.05, 0.1) is 18.7 Å². The normalized spacial score (nSPS) is 9.88. The van der Waals surface area contributed by atoms with Gasteiger partial charge in [-0.3, -0.25) is 9.59 Å². The summed E-state index contributed by atoms with van der Waals surface area (Å²) in [7, 11) is 0. The number of halogens is 1. The molecule has 0 radical (unpaired) electrons. The van der Waals surface area contributed by atoms with Crippen molar-refractivity contribution in [3.63, 3.8) is 0 Å². The zero-order chi connectivity index (χ0) is 16.7. The van der Waals surface area contributed by atoms with Gasteiger partial charge in [-0.2, -0.15) is 0 Å². The largest absolute Gasteiger partial charge is 0.466 e. The molecule has 2 aromatic rings.